The number of aryl methyl sites for hydroxylation is 3. The lowest BCUT2D eigenvalue weighted by molar-refractivity contribution is -0.110. The Labute approximate surface area is 166 Å². The van der Waals surface area contributed by atoms with E-state index >= 15 is 0 Å². The standard InChI is InChI=1S/C26H25NO/c1-4-18-9-11-19(12-10-18)15-23-22-16-21(13-14-24(22)27-26(23)28)25-17(3)7-6-8-20(25)5-2/h6-16H,4-5H2,1-3H3,(H,27,28)/b23-15+. The summed E-state index contributed by atoms with van der Waals surface area (Å²) in [6.07, 6.45) is 3.99. The molecule has 2 nitrogen and oxygen atoms in total. The van der Waals surface area contributed by atoms with Crippen molar-refractivity contribution in [2.45, 2.75) is 33.6 Å². The van der Waals surface area contributed by atoms with E-state index in [0.717, 1.165) is 40.8 Å². The molecule has 0 aromatic heterocycles. The number of hydrogen-bond donors (Lipinski definition) is 1. The highest BCUT2D eigenvalue weighted by atomic mass is 16.2. The van der Waals surface area contributed by atoms with Gasteiger partial charge in [0, 0.05) is 16.8 Å². The molecule has 0 fully saturated rings. The molecule has 1 heterocycles. The summed E-state index contributed by atoms with van der Waals surface area (Å²) in [6, 6.07) is 21.1. The normalized spacial score (nSPS) is 14.2. The Hall–Kier alpha value is -3.13. The quantitative estimate of drug-likeness (QED) is 0.540. The Bertz CT molecular complexity index is 1070. The Morgan fingerprint density at radius 1 is 0.929 bits per heavy atom. The van der Waals surface area contributed by atoms with Crippen LogP contribution in [0.3, 0.4) is 0 Å². The molecule has 0 spiro atoms. The number of hydrogen-bond acceptors (Lipinski definition) is 1. The number of rotatable bonds is 4. The van der Waals surface area contributed by atoms with Crippen LogP contribution in [-0.2, 0) is 17.6 Å². The topological polar surface area (TPSA) is 29.1 Å². The molecule has 1 aliphatic heterocycles. The monoisotopic (exact) mass is 367 g/mol. The summed E-state index contributed by atoms with van der Waals surface area (Å²) >= 11 is 0. The third-order valence-electron chi connectivity index (χ3n) is 5.53. The smallest absolute Gasteiger partial charge is 0.256 e. The molecule has 0 saturated carbocycles. The molecule has 0 unspecified atom stereocenters. The van der Waals surface area contributed by atoms with Gasteiger partial charge in [0.1, 0.15) is 0 Å². The first-order valence-electron chi connectivity index (χ1n) is 9.96. The number of carbonyl (C=O) groups is 1. The van der Waals surface area contributed by atoms with Crippen molar-refractivity contribution in [1.29, 1.82) is 0 Å². The Morgan fingerprint density at radius 3 is 2.43 bits per heavy atom. The number of fused-ring (bicyclic) bond motifs is 1. The Balaban J connectivity index is 1.80. The van der Waals surface area contributed by atoms with Gasteiger partial charge >= 0.3 is 0 Å². The summed E-state index contributed by atoms with van der Waals surface area (Å²) in [7, 11) is 0. The fourth-order valence-electron chi connectivity index (χ4n) is 3.94. The van der Waals surface area contributed by atoms with E-state index in [0.29, 0.717) is 0 Å². The highest BCUT2D eigenvalue weighted by molar-refractivity contribution is 6.35. The number of carbonyl (C=O) groups excluding carboxylic acids is 1. The first-order chi connectivity index (χ1) is 13.6. The van der Waals surface area contributed by atoms with Crippen molar-refractivity contribution >= 4 is 23.2 Å². The summed E-state index contributed by atoms with van der Waals surface area (Å²) in [5, 5.41) is 3.00. The lowest BCUT2D eigenvalue weighted by Gasteiger charge is -2.13. The van der Waals surface area contributed by atoms with Crippen molar-refractivity contribution in [1.82, 2.24) is 0 Å². The molecule has 0 saturated heterocycles. The van der Waals surface area contributed by atoms with Crippen molar-refractivity contribution in [3.63, 3.8) is 0 Å². The van der Waals surface area contributed by atoms with Crippen LogP contribution in [-0.4, -0.2) is 5.91 Å². The SMILES string of the molecule is CCc1ccc(/C=C2/C(=O)Nc3ccc(-c4c(C)cccc4CC)cc32)cc1. The van der Waals surface area contributed by atoms with Gasteiger partial charge in [-0.2, -0.15) is 0 Å². The molecule has 4 rings (SSSR count). The van der Waals surface area contributed by atoms with Crippen LogP contribution in [0.15, 0.2) is 60.7 Å². The third kappa shape index (κ3) is 3.27. The van der Waals surface area contributed by atoms with E-state index in [1.54, 1.807) is 0 Å². The van der Waals surface area contributed by atoms with Crippen LogP contribution in [0.4, 0.5) is 5.69 Å². The molecule has 140 valence electrons. The van der Waals surface area contributed by atoms with Crippen LogP contribution in [0.5, 0.6) is 0 Å². The fourth-order valence-corrected chi connectivity index (χ4v) is 3.94. The largest absolute Gasteiger partial charge is 0.321 e. The maximum Gasteiger partial charge on any atom is 0.256 e. The van der Waals surface area contributed by atoms with Gasteiger partial charge in [-0.25, -0.2) is 0 Å². The van der Waals surface area contributed by atoms with Crippen molar-refractivity contribution in [2.24, 2.45) is 0 Å². The second-order valence-corrected chi connectivity index (χ2v) is 7.33. The zero-order chi connectivity index (χ0) is 19.7. The highest BCUT2D eigenvalue weighted by Crippen LogP contribution is 2.38. The first kappa shape index (κ1) is 18.2. The Morgan fingerprint density at radius 2 is 1.71 bits per heavy atom. The van der Waals surface area contributed by atoms with E-state index < -0.39 is 0 Å². The molecule has 0 radical (unpaired) electrons. The van der Waals surface area contributed by atoms with Gasteiger partial charge < -0.3 is 5.32 Å². The second-order valence-electron chi connectivity index (χ2n) is 7.33. The van der Waals surface area contributed by atoms with Gasteiger partial charge in [0.25, 0.3) is 5.91 Å². The highest BCUT2D eigenvalue weighted by Gasteiger charge is 2.25. The summed E-state index contributed by atoms with van der Waals surface area (Å²) in [5.74, 6) is -0.0350. The third-order valence-corrected chi connectivity index (χ3v) is 5.53. The minimum atomic E-state index is -0.0350. The second kappa shape index (κ2) is 7.47. The summed E-state index contributed by atoms with van der Waals surface area (Å²) in [5.41, 5.74) is 9.97. The van der Waals surface area contributed by atoms with Crippen molar-refractivity contribution in [2.75, 3.05) is 5.32 Å². The lowest BCUT2D eigenvalue weighted by Crippen LogP contribution is -2.03. The van der Waals surface area contributed by atoms with E-state index in [1.807, 2.05) is 12.1 Å². The van der Waals surface area contributed by atoms with Gasteiger partial charge in [-0.15, -0.1) is 0 Å². The van der Waals surface area contributed by atoms with Crippen molar-refractivity contribution in [3.05, 3.63) is 88.5 Å². The zero-order valence-corrected chi connectivity index (χ0v) is 16.7. The fraction of sp³-hybridized carbons (Fsp3) is 0.192. The zero-order valence-electron chi connectivity index (χ0n) is 16.7. The van der Waals surface area contributed by atoms with Crippen LogP contribution in [0.2, 0.25) is 0 Å². The molecule has 0 aliphatic carbocycles. The molecular formula is C26H25NO. The molecule has 3 aromatic carbocycles. The van der Waals surface area contributed by atoms with E-state index in [4.69, 9.17) is 0 Å². The van der Waals surface area contributed by atoms with Gasteiger partial charge in [-0.05, 0) is 71.4 Å². The molecule has 28 heavy (non-hydrogen) atoms. The molecule has 1 aliphatic rings. The molecule has 3 aromatic rings. The van der Waals surface area contributed by atoms with E-state index in [-0.39, 0.29) is 5.91 Å². The van der Waals surface area contributed by atoms with Gasteiger partial charge in [-0.1, -0.05) is 62.4 Å². The van der Waals surface area contributed by atoms with Crippen LogP contribution >= 0.6 is 0 Å². The average molecular weight is 367 g/mol. The number of benzene rings is 3. The number of anilines is 1. The summed E-state index contributed by atoms with van der Waals surface area (Å²) in [4.78, 5) is 12.6. The minimum Gasteiger partial charge on any atom is -0.321 e. The van der Waals surface area contributed by atoms with E-state index in [1.165, 1.54) is 22.3 Å². The van der Waals surface area contributed by atoms with Crippen LogP contribution in [0.25, 0.3) is 22.8 Å². The first-order valence-corrected chi connectivity index (χ1v) is 9.96. The Kier molecular flexibility index (Phi) is 4.87. The summed E-state index contributed by atoms with van der Waals surface area (Å²) < 4.78 is 0. The maximum absolute atomic E-state index is 12.6. The molecule has 1 N–H and O–H groups in total. The predicted octanol–water partition coefficient (Wildman–Crippen LogP) is 6.28. The summed E-state index contributed by atoms with van der Waals surface area (Å²) in [6.45, 7) is 6.48. The molecular weight excluding hydrogens is 342 g/mol. The van der Waals surface area contributed by atoms with Crippen molar-refractivity contribution in [3.8, 4) is 11.1 Å². The molecule has 1 amide bonds. The van der Waals surface area contributed by atoms with Crippen LogP contribution < -0.4 is 5.32 Å². The van der Waals surface area contributed by atoms with E-state index in [2.05, 4.69) is 80.7 Å². The maximum atomic E-state index is 12.6. The van der Waals surface area contributed by atoms with E-state index in [9.17, 15) is 4.79 Å². The predicted molar refractivity (Wildman–Crippen MR) is 118 cm³/mol. The molecule has 0 atom stereocenters. The van der Waals surface area contributed by atoms with Crippen LogP contribution in [0.1, 0.15) is 41.7 Å². The van der Waals surface area contributed by atoms with Crippen molar-refractivity contribution < 1.29 is 4.79 Å². The number of nitrogens with one attached hydrogen (secondary N) is 1. The van der Waals surface area contributed by atoms with Gasteiger partial charge in [-0.3, -0.25) is 4.79 Å². The average Bonchev–Trinajstić information content (AvgIpc) is 3.03. The van der Waals surface area contributed by atoms with Crippen LogP contribution in [0, 0.1) is 6.92 Å². The molecule has 2 heteroatoms. The molecule has 0 bridgehead atoms. The van der Waals surface area contributed by atoms with Gasteiger partial charge in [0.05, 0.1) is 0 Å². The number of amides is 1. The lowest BCUT2D eigenvalue weighted by atomic mass is 9.91. The minimum absolute atomic E-state index is 0.0350. The van der Waals surface area contributed by atoms with Gasteiger partial charge in [0.2, 0.25) is 0 Å². The van der Waals surface area contributed by atoms with Gasteiger partial charge in [0.15, 0.2) is 0 Å².